The molecule has 0 saturated heterocycles. The van der Waals surface area contributed by atoms with Gasteiger partial charge in [0.1, 0.15) is 0 Å². The van der Waals surface area contributed by atoms with Crippen molar-refractivity contribution in [2.75, 3.05) is 33.2 Å². The molecular weight excluding hydrogens is 238 g/mol. The lowest BCUT2D eigenvalue weighted by Crippen LogP contribution is -2.33. The first-order valence-electron chi connectivity index (χ1n) is 7.64. The van der Waals surface area contributed by atoms with Gasteiger partial charge in [-0.2, -0.15) is 0 Å². The van der Waals surface area contributed by atoms with Crippen LogP contribution in [0.5, 0.6) is 0 Å². The summed E-state index contributed by atoms with van der Waals surface area (Å²) >= 11 is 0. The summed E-state index contributed by atoms with van der Waals surface area (Å²) < 4.78 is 0. The van der Waals surface area contributed by atoms with E-state index < -0.39 is 0 Å². The zero-order valence-electron chi connectivity index (χ0n) is 13.5. The first kappa shape index (κ1) is 18.4. The van der Waals surface area contributed by atoms with E-state index >= 15 is 0 Å². The molecule has 1 amide bonds. The van der Waals surface area contributed by atoms with E-state index in [1.807, 2.05) is 18.7 Å². The summed E-state index contributed by atoms with van der Waals surface area (Å²) in [5, 5.41) is 0. The molecule has 1 unspecified atom stereocenters. The first-order valence-corrected chi connectivity index (χ1v) is 7.64. The van der Waals surface area contributed by atoms with Crippen molar-refractivity contribution in [3.8, 4) is 0 Å². The Balaban J connectivity index is 3.74. The largest absolute Gasteiger partial charge is 0.343 e. The highest BCUT2D eigenvalue weighted by Gasteiger charge is 2.11. The minimum Gasteiger partial charge on any atom is -0.343 e. The van der Waals surface area contributed by atoms with Crippen molar-refractivity contribution in [3.05, 3.63) is 0 Å². The quantitative estimate of drug-likeness (QED) is 0.660. The second-order valence-corrected chi connectivity index (χ2v) is 5.67. The molecule has 0 radical (unpaired) electrons. The molecule has 0 fully saturated rings. The summed E-state index contributed by atoms with van der Waals surface area (Å²) in [6.45, 7) is 12.0. The Kier molecular flexibility index (Phi) is 9.88. The Labute approximate surface area is 119 Å². The third-order valence-corrected chi connectivity index (χ3v) is 3.75. The van der Waals surface area contributed by atoms with Crippen LogP contribution in [-0.2, 0) is 4.79 Å². The Bertz CT molecular complexity index is 240. The predicted molar refractivity (Wildman–Crippen MR) is 82.1 cm³/mol. The third kappa shape index (κ3) is 8.22. The summed E-state index contributed by atoms with van der Waals surface area (Å²) in [5.74, 6) is 0.815. The second-order valence-electron chi connectivity index (χ2n) is 5.67. The first-order chi connectivity index (χ1) is 8.92. The van der Waals surface area contributed by atoms with Gasteiger partial charge in [0.2, 0.25) is 5.91 Å². The van der Waals surface area contributed by atoms with Gasteiger partial charge in [-0.05, 0) is 52.7 Å². The Morgan fingerprint density at radius 1 is 1.16 bits per heavy atom. The molecule has 1 atom stereocenters. The summed E-state index contributed by atoms with van der Waals surface area (Å²) in [5.41, 5.74) is 6.03. The zero-order chi connectivity index (χ0) is 14.8. The van der Waals surface area contributed by atoms with Crippen LogP contribution in [0.25, 0.3) is 0 Å². The standard InChI is InChI=1S/C15H33N3O/c1-6-18(7-2)15(19)9-8-11-17(5)12-10-14(16)13(3)4/h13-14H,6-12,16H2,1-5H3. The van der Waals surface area contributed by atoms with Gasteiger partial charge in [-0.3, -0.25) is 4.79 Å². The highest BCUT2D eigenvalue weighted by molar-refractivity contribution is 5.76. The number of carbonyl (C=O) groups excluding carboxylic acids is 1. The molecule has 4 heteroatoms. The molecule has 4 nitrogen and oxygen atoms in total. The fraction of sp³-hybridized carbons (Fsp3) is 0.933. The number of hydrogen-bond acceptors (Lipinski definition) is 3. The summed E-state index contributed by atoms with van der Waals surface area (Å²) in [4.78, 5) is 16.0. The monoisotopic (exact) mass is 271 g/mol. The van der Waals surface area contributed by atoms with Crippen molar-refractivity contribution >= 4 is 5.91 Å². The van der Waals surface area contributed by atoms with Gasteiger partial charge < -0.3 is 15.5 Å². The van der Waals surface area contributed by atoms with Crippen molar-refractivity contribution in [2.45, 2.75) is 53.0 Å². The Morgan fingerprint density at radius 3 is 2.21 bits per heavy atom. The normalized spacial score (nSPS) is 13.1. The molecule has 0 aliphatic rings. The number of nitrogens with two attached hydrogens (primary N) is 1. The van der Waals surface area contributed by atoms with Crippen molar-refractivity contribution in [1.29, 1.82) is 0 Å². The molecule has 0 aromatic heterocycles. The third-order valence-electron chi connectivity index (χ3n) is 3.75. The van der Waals surface area contributed by atoms with Crippen molar-refractivity contribution in [2.24, 2.45) is 11.7 Å². The fourth-order valence-electron chi connectivity index (χ4n) is 2.05. The number of carbonyl (C=O) groups is 1. The van der Waals surface area contributed by atoms with E-state index in [1.54, 1.807) is 0 Å². The van der Waals surface area contributed by atoms with Gasteiger partial charge in [0, 0.05) is 25.6 Å². The van der Waals surface area contributed by atoms with Crippen molar-refractivity contribution in [3.63, 3.8) is 0 Å². The fourth-order valence-corrected chi connectivity index (χ4v) is 2.05. The van der Waals surface area contributed by atoms with Crippen LogP contribution in [0, 0.1) is 5.92 Å². The maximum Gasteiger partial charge on any atom is 0.222 e. The average molecular weight is 271 g/mol. The van der Waals surface area contributed by atoms with Crippen molar-refractivity contribution in [1.82, 2.24) is 9.80 Å². The predicted octanol–water partition coefficient (Wildman–Crippen LogP) is 1.94. The lowest BCUT2D eigenvalue weighted by Gasteiger charge is -2.22. The molecule has 19 heavy (non-hydrogen) atoms. The maximum atomic E-state index is 11.8. The average Bonchev–Trinajstić information content (AvgIpc) is 2.37. The van der Waals surface area contributed by atoms with Crippen LogP contribution in [0.1, 0.15) is 47.0 Å². The van der Waals surface area contributed by atoms with E-state index in [2.05, 4.69) is 25.8 Å². The van der Waals surface area contributed by atoms with Crippen LogP contribution in [-0.4, -0.2) is 55.0 Å². The summed E-state index contributed by atoms with van der Waals surface area (Å²) in [6.07, 6.45) is 2.61. The van der Waals surface area contributed by atoms with E-state index in [1.165, 1.54) is 0 Å². The highest BCUT2D eigenvalue weighted by atomic mass is 16.2. The minimum atomic E-state index is 0.275. The van der Waals surface area contributed by atoms with Crippen LogP contribution in [0.4, 0.5) is 0 Å². The molecule has 0 aliphatic carbocycles. The minimum absolute atomic E-state index is 0.275. The molecule has 0 aliphatic heterocycles. The molecule has 114 valence electrons. The van der Waals surface area contributed by atoms with Crippen LogP contribution in [0.3, 0.4) is 0 Å². The molecule has 0 aromatic carbocycles. The van der Waals surface area contributed by atoms with Gasteiger partial charge in [0.05, 0.1) is 0 Å². The number of rotatable bonds is 10. The SMILES string of the molecule is CCN(CC)C(=O)CCCN(C)CCC(N)C(C)C. The second kappa shape index (κ2) is 10.2. The lowest BCUT2D eigenvalue weighted by atomic mass is 10.0. The van der Waals surface area contributed by atoms with Gasteiger partial charge >= 0.3 is 0 Å². The van der Waals surface area contributed by atoms with Crippen LogP contribution in [0.15, 0.2) is 0 Å². The van der Waals surface area contributed by atoms with E-state index in [0.717, 1.165) is 39.0 Å². The maximum absolute atomic E-state index is 11.8. The molecule has 2 N–H and O–H groups in total. The molecule has 0 bridgehead atoms. The molecule has 0 saturated carbocycles. The number of hydrogen-bond donors (Lipinski definition) is 1. The molecule has 0 heterocycles. The van der Waals surface area contributed by atoms with Gasteiger partial charge in [-0.1, -0.05) is 13.8 Å². The highest BCUT2D eigenvalue weighted by Crippen LogP contribution is 2.05. The molecule has 0 rings (SSSR count). The van der Waals surface area contributed by atoms with Crippen LogP contribution < -0.4 is 5.73 Å². The van der Waals surface area contributed by atoms with E-state index in [0.29, 0.717) is 12.3 Å². The van der Waals surface area contributed by atoms with Crippen LogP contribution in [0.2, 0.25) is 0 Å². The zero-order valence-corrected chi connectivity index (χ0v) is 13.5. The van der Waals surface area contributed by atoms with Crippen molar-refractivity contribution < 1.29 is 4.79 Å². The number of nitrogens with zero attached hydrogens (tertiary/aromatic N) is 2. The van der Waals surface area contributed by atoms with Crippen LogP contribution >= 0.6 is 0 Å². The van der Waals surface area contributed by atoms with E-state index in [4.69, 9.17) is 5.73 Å². The Morgan fingerprint density at radius 2 is 1.74 bits per heavy atom. The van der Waals surface area contributed by atoms with Gasteiger partial charge in [0.25, 0.3) is 0 Å². The summed E-state index contributed by atoms with van der Waals surface area (Å²) in [7, 11) is 2.11. The smallest absolute Gasteiger partial charge is 0.222 e. The molecule has 0 aromatic rings. The van der Waals surface area contributed by atoms with Gasteiger partial charge in [0.15, 0.2) is 0 Å². The van der Waals surface area contributed by atoms with E-state index in [9.17, 15) is 4.79 Å². The lowest BCUT2D eigenvalue weighted by molar-refractivity contribution is -0.130. The van der Waals surface area contributed by atoms with E-state index in [-0.39, 0.29) is 11.9 Å². The molecular formula is C15H33N3O. The van der Waals surface area contributed by atoms with Gasteiger partial charge in [-0.15, -0.1) is 0 Å². The van der Waals surface area contributed by atoms with Gasteiger partial charge in [-0.25, -0.2) is 0 Å². The topological polar surface area (TPSA) is 49.6 Å². The molecule has 0 spiro atoms. The number of amides is 1. The summed E-state index contributed by atoms with van der Waals surface area (Å²) in [6, 6.07) is 0.278. The Hall–Kier alpha value is -0.610.